The second-order valence-corrected chi connectivity index (χ2v) is 2.64. The minimum Gasteiger partial charge on any atom is -0.299 e. The Morgan fingerprint density at radius 1 is 1.30 bits per heavy atom. The predicted molar refractivity (Wildman–Crippen MR) is 41.8 cm³/mol. The van der Waals surface area contributed by atoms with Crippen LogP contribution in [0.4, 0.5) is 0 Å². The van der Waals surface area contributed by atoms with Crippen LogP contribution in [0.2, 0.25) is 0 Å². The van der Waals surface area contributed by atoms with Gasteiger partial charge in [0.25, 0.3) is 0 Å². The topological polar surface area (TPSA) is 17.1 Å². The van der Waals surface area contributed by atoms with Gasteiger partial charge in [0.15, 0.2) is 0 Å². The first kappa shape index (κ1) is 7.26. The van der Waals surface area contributed by atoms with E-state index in [1.165, 1.54) is 12.8 Å². The molecule has 0 aromatic heterocycles. The molecule has 10 heavy (non-hydrogen) atoms. The molecule has 1 heteroatoms. The molecular formula is C9H12O. The van der Waals surface area contributed by atoms with Gasteiger partial charge in [-0.05, 0) is 37.3 Å². The van der Waals surface area contributed by atoms with Gasteiger partial charge < -0.3 is 0 Å². The molecule has 0 radical (unpaired) electrons. The Kier molecular flexibility index (Phi) is 2.43. The van der Waals surface area contributed by atoms with E-state index >= 15 is 0 Å². The monoisotopic (exact) mass is 136 g/mol. The van der Waals surface area contributed by atoms with Crippen LogP contribution in [0, 0.1) is 0 Å². The summed E-state index contributed by atoms with van der Waals surface area (Å²) >= 11 is 0. The molecule has 1 nitrogen and oxygen atoms in total. The summed E-state index contributed by atoms with van der Waals surface area (Å²) in [6, 6.07) is 0. The highest BCUT2D eigenvalue weighted by Gasteiger charge is 2.07. The van der Waals surface area contributed by atoms with Gasteiger partial charge in [-0.15, -0.1) is 0 Å². The summed E-state index contributed by atoms with van der Waals surface area (Å²) in [5, 5.41) is 0. The van der Waals surface area contributed by atoms with E-state index in [-0.39, 0.29) is 0 Å². The molecule has 0 atom stereocenters. The van der Waals surface area contributed by atoms with Gasteiger partial charge in [0.05, 0.1) is 0 Å². The molecule has 1 fully saturated rings. The molecule has 0 aliphatic heterocycles. The van der Waals surface area contributed by atoms with Crippen molar-refractivity contribution in [2.45, 2.75) is 25.7 Å². The van der Waals surface area contributed by atoms with E-state index in [9.17, 15) is 4.79 Å². The molecule has 1 saturated carbocycles. The molecule has 0 N–H and O–H groups in total. The van der Waals surface area contributed by atoms with E-state index in [2.05, 4.69) is 6.58 Å². The van der Waals surface area contributed by atoms with E-state index in [1.54, 1.807) is 6.08 Å². The van der Waals surface area contributed by atoms with Crippen LogP contribution in [0.15, 0.2) is 23.8 Å². The predicted octanol–water partition coefficient (Wildman–Crippen LogP) is 2.24. The van der Waals surface area contributed by atoms with Crippen molar-refractivity contribution < 1.29 is 4.79 Å². The van der Waals surface area contributed by atoms with Crippen molar-refractivity contribution in [3.63, 3.8) is 0 Å². The van der Waals surface area contributed by atoms with Gasteiger partial charge in [-0.2, -0.15) is 0 Å². The SMILES string of the molecule is C=C1CCCC/C1=C/C=O. The van der Waals surface area contributed by atoms with Gasteiger partial charge in [0.1, 0.15) is 6.29 Å². The standard InChI is InChI=1S/C9H12O/c1-8-4-2-3-5-9(8)6-7-10/h6-7H,1-5H2/b9-6-. The van der Waals surface area contributed by atoms with Crippen LogP contribution in [-0.2, 0) is 4.79 Å². The average molecular weight is 136 g/mol. The Morgan fingerprint density at radius 3 is 2.60 bits per heavy atom. The Labute approximate surface area is 61.4 Å². The van der Waals surface area contributed by atoms with E-state index in [1.807, 2.05) is 0 Å². The van der Waals surface area contributed by atoms with Gasteiger partial charge in [-0.1, -0.05) is 12.2 Å². The summed E-state index contributed by atoms with van der Waals surface area (Å²) in [7, 11) is 0. The quantitative estimate of drug-likeness (QED) is 0.399. The highest BCUT2D eigenvalue weighted by atomic mass is 16.1. The molecule has 0 aromatic rings. The van der Waals surface area contributed by atoms with Gasteiger partial charge in [0, 0.05) is 0 Å². The van der Waals surface area contributed by atoms with Crippen molar-refractivity contribution in [1.82, 2.24) is 0 Å². The fraction of sp³-hybridized carbons (Fsp3) is 0.444. The highest BCUT2D eigenvalue weighted by Crippen LogP contribution is 2.26. The molecule has 54 valence electrons. The maximum atomic E-state index is 10.1. The van der Waals surface area contributed by atoms with Crippen molar-refractivity contribution >= 4 is 6.29 Å². The summed E-state index contributed by atoms with van der Waals surface area (Å²) < 4.78 is 0. The number of allylic oxidation sites excluding steroid dienone is 3. The van der Waals surface area contributed by atoms with E-state index in [4.69, 9.17) is 0 Å². The Morgan fingerprint density at radius 2 is 2.00 bits per heavy atom. The number of hydrogen-bond donors (Lipinski definition) is 0. The maximum absolute atomic E-state index is 10.1. The minimum atomic E-state index is 0.853. The first-order valence-electron chi connectivity index (χ1n) is 3.67. The molecule has 0 spiro atoms. The molecule has 1 aliphatic rings. The first-order valence-corrected chi connectivity index (χ1v) is 3.67. The molecular weight excluding hydrogens is 124 g/mol. The second kappa shape index (κ2) is 3.35. The Balaban J connectivity index is 2.64. The molecule has 0 saturated heterocycles. The number of carbonyl (C=O) groups excluding carboxylic acids is 1. The third-order valence-corrected chi connectivity index (χ3v) is 1.90. The minimum absolute atomic E-state index is 0.853. The Hall–Kier alpha value is -0.850. The van der Waals surface area contributed by atoms with Crippen molar-refractivity contribution in [3.8, 4) is 0 Å². The highest BCUT2D eigenvalue weighted by molar-refractivity contribution is 5.68. The van der Waals surface area contributed by atoms with Crippen LogP contribution in [0.3, 0.4) is 0 Å². The van der Waals surface area contributed by atoms with E-state index in [0.29, 0.717) is 0 Å². The van der Waals surface area contributed by atoms with Crippen molar-refractivity contribution in [2.75, 3.05) is 0 Å². The Bertz CT molecular complexity index is 177. The van der Waals surface area contributed by atoms with Crippen molar-refractivity contribution in [1.29, 1.82) is 0 Å². The van der Waals surface area contributed by atoms with Gasteiger partial charge in [-0.3, -0.25) is 4.79 Å². The molecule has 1 rings (SSSR count). The zero-order chi connectivity index (χ0) is 7.40. The van der Waals surface area contributed by atoms with Crippen LogP contribution >= 0.6 is 0 Å². The lowest BCUT2D eigenvalue weighted by Crippen LogP contribution is -1.97. The van der Waals surface area contributed by atoms with Crippen LogP contribution in [0.25, 0.3) is 0 Å². The van der Waals surface area contributed by atoms with Crippen molar-refractivity contribution in [3.05, 3.63) is 23.8 Å². The zero-order valence-corrected chi connectivity index (χ0v) is 6.10. The molecule has 0 heterocycles. The third-order valence-electron chi connectivity index (χ3n) is 1.90. The van der Waals surface area contributed by atoms with E-state index < -0.39 is 0 Å². The number of carbonyl (C=O) groups is 1. The summed E-state index contributed by atoms with van der Waals surface area (Å²) in [4.78, 5) is 10.1. The largest absolute Gasteiger partial charge is 0.299 e. The van der Waals surface area contributed by atoms with Crippen LogP contribution in [0.1, 0.15) is 25.7 Å². The molecule has 0 aromatic carbocycles. The number of rotatable bonds is 1. The lowest BCUT2D eigenvalue weighted by atomic mass is 9.91. The average Bonchev–Trinajstić information content (AvgIpc) is 1.94. The fourth-order valence-corrected chi connectivity index (χ4v) is 1.27. The van der Waals surface area contributed by atoms with Crippen LogP contribution < -0.4 is 0 Å². The number of hydrogen-bond acceptors (Lipinski definition) is 1. The summed E-state index contributed by atoms with van der Waals surface area (Å²) in [6.07, 6.45) is 7.04. The summed E-state index contributed by atoms with van der Waals surface area (Å²) in [6.45, 7) is 3.89. The lowest BCUT2D eigenvalue weighted by molar-refractivity contribution is -0.104. The second-order valence-electron chi connectivity index (χ2n) is 2.64. The molecule has 0 bridgehead atoms. The molecule has 1 aliphatic carbocycles. The lowest BCUT2D eigenvalue weighted by Gasteiger charge is -2.15. The van der Waals surface area contributed by atoms with Crippen molar-refractivity contribution in [2.24, 2.45) is 0 Å². The van der Waals surface area contributed by atoms with Gasteiger partial charge in [0.2, 0.25) is 0 Å². The zero-order valence-electron chi connectivity index (χ0n) is 6.10. The first-order chi connectivity index (χ1) is 4.84. The van der Waals surface area contributed by atoms with Gasteiger partial charge >= 0.3 is 0 Å². The van der Waals surface area contributed by atoms with Crippen LogP contribution in [-0.4, -0.2) is 6.29 Å². The maximum Gasteiger partial charge on any atom is 0.143 e. The summed E-state index contributed by atoms with van der Waals surface area (Å²) in [5.74, 6) is 0. The number of aldehydes is 1. The van der Waals surface area contributed by atoms with E-state index in [0.717, 1.165) is 30.3 Å². The fourth-order valence-electron chi connectivity index (χ4n) is 1.27. The van der Waals surface area contributed by atoms with Gasteiger partial charge in [-0.25, -0.2) is 0 Å². The molecule has 0 amide bonds. The normalized spacial score (nSPS) is 23.2. The summed E-state index contributed by atoms with van der Waals surface area (Å²) in [5.41, 5.74) is 2.31. The molecule has 0 unspecified atom stereocenters. The third kappa shape index (κ3) is 1.56. The smallest absolute Gasteiger partial charge is 0.143 e. The van der Waals surface area contributed by atoms with Crippen LogP contribution in [0.5, 0.6) is 0 Å².